The molecule has 2 aliphatic rings. The van der Waals surface area contributed by atoms with Crippen molar-refractivity contribution < 1.29 is 14.4 Å². The van der Waals surface area contributed by atoms with Gasteiger partial charge in [0.15, 0.2) is 0 Å². The zero-order valence-electron chi connectivity index (χ0n) is 13.4. The first-order chi connectivity index (χ1) is 10.9. The highest BCUT2D eigenvalue weighted by molar-refractivity contribution is 6.07. The predicted molar refractivity (Wildman–Crippen MR) is 84.8 cm³/mol. The summed E-state index contributed by atoms with van der Waals surface area (Å²) in [6.07, 6.45) is 0.915. The van der Waals surface area contributed by atoms with Crippen LogP contribution >= 0.6 is 0 Å². The van der Waals surface area contributed by atoms with E-state index in [4.69, 9.17) is 0 Å². The molecule has 0 radical (unpaired) electrons. The van der Waals surface area contributed by atoms with Gasteiger partial charge in [0, 0.05) is 24.7 Å². The van der Waals surface area contributed by atoms with E-state index in [0.717, 1.165) is 0 Å². The average molecular weight is 315 g/mol. The van der Waals surface area contributed by atoms with Gasteiger partial charge in [0.2, 0.25) is 0 Å². The van der Waals surface area contributed by atoms with Crippen LogP contribution in [0.25, 0.3) is 0 Å². The van der Waals surface area contributed by atoms with Crippen LogP contribution in [-0.4, -0.2) is 52.3 Å². The van der Waals surface area contributed by atoms with Crippen molar-refractivity contribution in [3.05, 3.63) is 35.9 Å². The van der Waals surface area contributed by atoms with Gasteiger partial charge in [-0.25, -0.2) is 4.79 Å². The summed E-state index contributed by atoms with van der Waals surface area (Å²) in [6.45, 7) is 4.58. The molecule has 2 aliphatic heterocycles. The third kappa shape index (κ3) is 2.58. The molecule has 1 spiro atoms. The van der Waals surface area contributed by atoms with E-state index < -0.39 is 5.54 Å². The van der Waals surface area contributed by atoms with E-state index in [2.05, 4.69) is 5.32 Å². The van der Waals surface area contributed by atoms with Crippen LogP contribution in [0.3, 0.4) is 0 Å². The number of imide groups is 1. The number of likely N-dealkylation sites (tertiary alicyclic amines) is 1. The SMILES string of the molecule is CC(C)N1C(=O)NC2(CCN(C(=O)c3ccccc3)CC2)C1=O. The second-order valence-electron chi connectivity index (χ2n) is 6.44. The summed E-state index contributed by atoms with van der Waals surface area (Å²) in [5.41, 5.74) is -0.191. The second-order valence-corrected chi connectivity index (χ2v) is 6.44. The van der Waals surface area contributed by atoms with Crippen molar-refractivity contribution >= 4 is 17.8 Å². The van der Waals surface area contributed by atoms with E-state index in [1.165, 1.54) is 4.90 Å². The minimum absolute atomic E-state index is 0.0297. The molecule has 0 saturated carbocycles. The Labute approximate surface area is 135 Å². The average Bonchev–Trinajstić information content (AvgIpc) is 2.78. The van der Waals surface area contributed by atoms with Gasteiger partial charge in [0.05, 0.1) is 0 Å². The predicted octanol–water partition coefficient (Wildman–Crippen LogP) is 1.62. The van der Waals surface area contributed by atoms with E-state index in [1.54, 1.807) is 17.0 Å². The van der Waals surface area contributed by atoms with E-state index >= 15 is 0 Å². The standard InChI is InChI=1S/C17H21N3O3/c1-12(2)20-15(22)17(18-16(20)23)8-10-19(11-9-17)14(21)13-6-4-3-5-7-13/h3-7,12H,8-11H2,1-2H3,(H,18,23). The molecule has 2 heterocycles. The van der Waals surface area contributed by atoms with Crippen molar-refractivity contribution in [2.45, 2.75) is 38.3 Å². The molecule has 0 atom stereocenters. The third-order valence-electron chi connectivity index (χ3n) is 4.63. The lowest BCUT2D eigenvalue weighted by molar-refractivity contribution is -0.133. The number of hydrogen-bond acceptors (Lipinski definition) is 3. The molecule has 2 saturated heterocycles. The van der Waals surface area contributed by atoms with Crippen LogP contribution < -0.4 is 5.32 Å². The molecule has 2 fully saturated rings. The van der Waals surface area contributed by atoms with E-state index in [0.29, 0.717) is 31.5 Å². The number of nitrogens with one attached hydrogen (secondary N) is 1. The molecule has 0 bridgehead atoms. The van der Waals surface area contributed by atoms with Crippen molar-refractivity contribution in [3.63, 3.8) is 0 Å². The van der Waals surface area contributed by atoms with Gasteiger partial charge in [-0.15, -0.1) is 0 Å². The fraction of sp³-hybridized carbons (Fsp3) is 0.471. The van der Waals surface area contributed by atoms with Crippen LogP contribution in [0.1, 0.15) is 37.0 Å². The molecule has 0 aliphatic carbocycles. The van der Waals surface area contributed by atoms with Crippen molar-refractivity contribution in [2.24, 2.45) is 0 Å². The number of carbonyl (C=O) groups is 3. The van der Waals surface area contributed by atoms with Crippen molar-refractivity contribution in [1.29, 1.82) is 0 Å². The normalized spacial score (nSPS) is 20.3. The lowest BCUT2D eigenvalue weighted by Crippen LogP contribution is -2.56. The van der Waals surface area contributed by atoms with Crippen LogP contribution in [-0.2, 0) is 4.79 Å². The van der Waals surface area contributed by atoms with Gasteiger partial charge in [-0.3, -0.25) is 14.5 Å². The summed E-state index contributed by atoms with van der Waals surface area (Å²) in [4.78, 5) is 40.2. The third-order valence-corrected chi connectivity index (χ3v) is 4.63. The lowest BCUT2D eigenvalue weighted by Gasteiger charge is -2.37. The molecule has 23 heavy (non-hydrogen) atoms. The minimum atomic E-state index is -0.838. The number of nitrogens with zero attached hydrogens (tertiary/aromatic N) is 2. The van der Waals surface area contributed by atoms with Gasteiger partial charge in [-0.2, -0.15) is 0 Å². The molecular formula is C17H21N3O3. The van der Waals surface area contributed by atoms with Gasteiger partial charge in [-0.05, 0) is 38.8 Å². The summed E-state index contributed by atoms with van der Waals surface area (Å²) >= 11 is 0. The highest BCUT2D eigenvalue weighted by atomic mass is 16.2. The highest BCUT2D eigenvalue weighted by Crippen LogP contribution is 2.31. The number of amides is 4. The molecule has 0 aromatic heterocycles. The minimum Gasteiger partial charge on any atom is -0.338 e. The van der Waals surface area contributed by atoms with Crippen LogP contribution in [0.4, 0.5) is 4.79 Å². The summed E-state index contributed by atoms with van der Waals surface area (Å²) in [6, 6.07) is 8.62. The first-order valence-corrected chi connectivity index (χ1v) is 7.95. The molecular weight excluding hydrogens is 294 g/mol. The highest BCUT2D eigenvalue weighted by Gasteiger charge is 2.53. The fourth-order valence-corrected chi connectivity index (χ4v) is 3.30. The number of piperidine rings is 1. The molecule has 1 aromatic rings. The molecule has 1 N–H and O–H groups in total. The van der Waals surface area contributed by atoms with E-state index in [1.807, 2.05) is 32.0 Å². The quantitative estimate of drug-likeness (QED) is 0.843. The van der Waals surface area contributed by atoms with Gasteiger partial charge >= 0.3 is 6.03 Å². The summed E-state index contributed by atoms with van der Waals surface area (Å²) in [7, 11) is 0. The monoisotopic (exact) mass is 315 g/mol. The summed E-state index contributed by atoms with van der Waals surface area (Å²) < 4.78 is 0. The number of benzene rings is 1. The number of rotatable bonds is 2. The molecule has 122 valence electrons. The van der Waals surface area contributed by atoms with E-state index in [-0.39, 0.29) is 23.9 Å². The van der Waals surface area contributed by atoms with Gasteiger partial charge in [0.1, 0.15) is 5.54 Å². The largest absolute Gasteiger partial charge is 0.338 e. The molecule has 3 rings (SSSR count). The molecule has 1 aromatic carbocycles. The first-order valence-electron chi connectivity index (χ1n) is 7.95. The summed E-state index contributed by atoms with van der Waals surface area (Å²) in [5.74, 6) is -0.192. The topological polar surface area (TPSA) is 69.7 Å². The van der Waals surface area contributed by atoms with E-state index in [9.17, 15) is 14.4 Å². The van der Waals surface area contributed by atoms with Crippen molar-refractivity contribution in [3.8, 4) is 0 Å². The molecule has 0 unspecified atom stereocenters. The Morgan fingerprint density at radius 3 is 2.26 bits per heavy atom. The Hall–Kier alpha value is -2.37. The van der Waals surface area contributed by atoms with Gasteiger partial charge < -0.3 is 10.2 Å². The Balaban J connectivity index is 1.70. The zero-order valence-corrected chi connectivity index (χ0v) is 13.4. The maximum Gasteiger partial charge on any atom is 0.325 e. The van der Waals surface area contributed by atoms with Gasteiger partial charge in [-0.1, -0.05) is 18.2 Å². The van der Waals surface area contributed by atoms with Gasteiger partial charge in [0.25, 0.3) is 11.8 Å². The van der Waals surface area contributed by atoms with Crippen LogP contribution in [0, 0.1) is 0 Å². The Kier molecular flexibility index (Phi) is 3.83. The van der Waals surface area contributed by atoms with Crippen molar-refractivity contribution in [1.82, 2.24) is 15.1 Å². The van der Waals surface area contributed by atoms with Crippen LogP contribution in [0.2, 0.25) is 0 Å². The molecule has 4 amide bonds. The van der Waals surface area contributed by atoms with Crippen LogP contribution in [0.5, 0.6) is 0 Å². The number of urea groups is 1. The second kappa shape index (κ2) is 5.68. The number of carbonyl (C=O) groups excluding carboxylic acids is 3. The maximum atomic E-state index is 12.6. The molecule has 6 nitrogen and oxygen atoms in total. The smallest absolute Gasteiger partial charge is 0.325 e. The Bertz CT molecular complexity index is 634. The summed E-state index contributed by atoms with van der Waals surface area (Å²) in [5, 5.41) is 2.85. The fourth-order valence-electron chi connectivity index (χ4n) is 3.30. The van der Waals surface area contributed by atoms with Crippen LogP contribution in [0.15, 0.2) is 30.3 Å². The zero-order chi connectivity index (χ0) is 16.6. The first kappa shape index (κ1) is 15.5. The number of hydrogen-bond donors (Lipinski definition) is 1. The Morgan fingerprint density at radius 1 is 1.13 bits per heavy atom. The Morgan fingerprint density at radius 2 is 1.74 bits per heavy atom. The lowest BCUT2D eigenvalue weighted by atomic mass is 9.87. The maximum absolute atomic E-state index is 12.6. The van der Waals surface area contributed by atoms with Crippen molar-refractivity contribution in [2.75, 3.05) is 13.1 Å². The molecule has 6 heteroatoms.